The summed E-state index contributed by atoms with van der Waals surface area (Å²) in [7, 11) is 0. The lowest BCUT2D eigenvalue weighted by molar-refractivity contribution is 0.0490. The molecule has 5 aromatic carbocycles. The summed E-state index contributed by atoms with van der Waals surface area (Å²) < 4.78 is 5.09. The van der Waals surface area contributed by atoms with E-state index in [9.17, 15) is 5.11 Å². The molecule has 0 radical (unpaired) electrons. The van der Waals surface area contributed by atoms with Crippen molar-refractivity contribution in [1.82, 2.24) is 0 Å². The van der Waals surface area contributed by atoms with Gasteiger partial charge in [-0.1, -0.05) is 152 Å². The van der Waals surface area contributed by atoms with Crippen molar-refractivity contribution < 1.29 is 9.84 Å². The van der Waals surface area contributed by atoms with Gasteiger partial charge in [0.25, 0.3) is 0 Å². The smallest absolute Gasteiger partial charge is 0.343 e. The Balaban J connectivity index is 1.29. The number of rotatable bonds is 19. The van der Waals surface area contributed by atoms with E-state index in [-0.39, 0.29) is 16.7 Å². The van der Waals surface area contributed by atoms with Crippen molar-refractivity contribution >= 4 is 34.5 Å². The van der Waals surface area contributed by atoms with Crippen molar-refractivity contribution in [2.75, 3.05) is 11.7 Å². The molecule has 4 nitrogen and oxygen atoms in total. The van der Waals surface area contributed by atoms with E-state index in [1.165, 1.54) is 107 Å². The fraction of sp³-hybridized carbons (Fsp3) is 0.339. The maximum absolute atomic E-state index is 9.22. The zero-order valence-corrected chi connectivity index (χ0v) is 37.3. The quantitative estimate of drug-likeness (QED) is 0.0502. The van der Waals surface area contributed by atoms with Crippen LogP contribution in [0.1, 0.15) is 132 Å². The Hall–Kier alpha value is -5.41. The van der Waals surface area contributed by atoms with Gasteiger partial charge in [-0.15, -0.1) is 11.3 Å². The highest BCUT2D eigenvalue weighted by atomic mass is 32.1. The van der Waals surface area contributed by atoms with Crippen molar-refractivity contribution in [3.8, 4) is 32.7 Å². The minimum Gasteiger partial charge on any atom is -0.494 e. The molecule has 6 aromatic rings. The van der Waals surface area contributed by atoms with Gasteiger partial charge in [-0.05, 0) is 130 Å². The van der Waals surface area contributed by atoms with E-state index in [0.29, 0.717) is 0 Å². The summed E-state index contributed by atoms with van der Waals surface area (Å²) in [6, 6.07) is 46.2. The Morgan fingerprint density at radius 1 is 0.590 bits per heavy atom. The summed E-state index contributed by atoms with van der Waals surface area (Å²) in [6.07, 6.45) is 15.8. The third-order valence-corrected chi connectivity index (χ3v) is 14.6. The summed E-state index contributed by atoms with van der Waals surface area (Å²) in [5.41, 5.74) is 16.1. The minimum absolute atomic E-state index is 0.0147. The number of thiophene rings is 1. The molecule has 0 aliphatic heterocycles. The third kappa shape index (κ3) is 7.86. The molecule has 1 N–H and O–H groups in total. The molecule has 61 heavy (non-hydrogen) atoms. The summed E-state index contributed by atoms with van der Waals surface area (Å²) in [4.78, 5) is 7.95. The number of aliphatic hydroxyl groups excluding tert-OH is 1. The minimum atomic E-state index is -0.518. The van der Waals surface area contributed by atoms with Crippen molar-refractivity contribution in [2.45, 2.75) is 116 Å². The van der Waals surface area contributed by atoms with E-state index in [4.69, 9.17) is 11.3 Å². The van der Waals surface area contributed by atoms with Crippen molar-refractivity contribution in [2.24, 2.45) is 0 Å². The third-order valence-electron chi connectivity index (χ3n) is 13.5. The standard InChI is InChI=1S/C56H60N2O2S/c1-6-10-32-55(33-11-7-2)49-20-16-14-18-45(49)47-29-26-42(36-51(47)55)58(41-24-22-40(23-25-41)53-31-28-44(61-53)38-54(57-5)60-39-59)43-27-30-48-46-19-15-17-21-50(46)56(34-12-8-3,35-13-9-4)52(48)37-43/h14-31,36-38,59H,6-13,32-35,39H2,1-4H3. The second-order valence-electron chi connectivity index (χ2n) is 17.1. The Morgan fingerprint density at radius 3 is 1.51 bits per heavy atom. The molecular weight excluding hydrogens is 765 g/mol. The number of anilines is 3. The van der Waals surface area contributed by atoms with Crippen molar-refractivity contribution in [3.63, 3.8) is 0 Å². The number of unbranched alkanes of at least 4 members (excludes halogenated alkanes) is 4. The maximum Gasteiger partial charge on any atom is 0.343 e. The largest absolute Gasteiger partial charge is 0.494 e. The molecule has 0 atom stereocenters. The molecule has 0 amide bonds. The highest BCUT2D eigenvalue weighted by Gasteiger charge is 2.44. The lowest BCUT2D eigenvalue weighted by Crippen LogP contribution is -2.26. The first-order valence-corrected chi connectivity index (χ1v) is 23.6. The molecule has 2 aliphatic rings. The van der Waals surface area contributed by atoms with E-state index in [1.54, 1.807) is 17.4 Å². The first-order chi connectivity index (χ1) is 29.9. The molecule has 0 saturated heterocycles. The first-order valence-electron chi connectivity index (χ1n) is 22.8. The molecule has 312 valence electrons. The average Bonchev–Trinajstić information content (AvgIpc) is 3.96. The molecule has 5 heteroatoms. The van der Waals surface area contributed by atoms with Gasteiger partial charge in [0.1, 0.15) is 0 Å². The van der Waals surface area contributed by atoms with E-state index >= 15 is 0 Å². The predicted molar refractivity (Wildman–Crippen MR) is 258 cm³/mol. The van der Waals surface area contributed by atoms with E-state index in [0.717, 1.165) is 46.7 Å². The van der Waals surface area contributed by atoms with E-state index in [2.05, 4.69) is 153 Å². The molecular formula is C56H60N2O2S. The molecule has 0 unspecified atom stereocenters. The van der Waals surface area contributed by atoms with Crippen molar-refractivity contribution in [1.29, 1.82) is 0 Å². The summed E-state index contributed by atoms with van der Waals surface area (Å²) in [5, 5.41) is 9.22. The van der Waals surface area contributed by atoms with Gasteiger partial charge in [0.15, 0.2) is 6.79 Å². The summed E-state index contributed by atoms with van der Waals surface area (Å²) in [5.74, 6) is 0.0820. The van der Waals surface area contributed by atoms with Crippen LogP contribution in [-0.2, 0) is 15.6 Å². The van der Waals surface area contributed by atoms with Crippen LogP contribution in [0, 0.1) is 6.57 Å². The van der Waals surface area contributed by atoms with Crippen LogP contribution in [0.4, 0.5) is 17.1 Å². The molecule has 1 heterocycles. The fourth-order valence-corrected chi connectivity index (χ4v) is 11.4. The van der Waals surface area contributed by atoms with Gasteiger partial charge in [0.2, 0.25) is 0 Å². The first kappa shape index (κ1) is 42.3. The number of hydrogen-bond donors (Lipinski definition) is 1. The zero-order valence-electron chi connectivity index (χ0n) is 36.5. The van der Waals surface area contributed by atoms with Crippen LogP contribution in [0.15, 0.2) is 127 Å². The Bertz CT molecular complexity index is 2400. The van der Waals surface area contributed by atoms with Gasteiger partial charge in [-0.25, -0.2) is 0 Å². The average molecular weight is 825 g/mol. The van der Waals surface area contributed by atoms with Gasteiger partial charge in [-0.3, -0.25) is 0 Å². The second kappa shape index (κ2) is 18.7. The summed E-state index contributed by atoms with van der Waals surface area (Å²) >= 11 is 1.61. The van der Waals surface area contributed by atoms with Gasteiger partial charge in [-0.2, -0.15) is 4.85 Å². The van der Waals surface area contributed by atoms with Gasteiger partial charge < -0.3 is 14.7 Å². The number of hydrogen-bond acceptors (Lipinski definition) is 4. The van der Waals surface area contributed by atoms with E-state index in [1.807, 2.05) is 6.07 Å². The van der Waals surface area contributed by atoms with Crippen LogP contribution in [0.3, 0.4) is 0 Å². The number of ether oxygens (including phenoxy) is 1. The molecule has 0 spiro atoms. The predicted octanol–water partition coefficient (Wildman–Crippen LogP) is 16.4. The number of aliphatic hydroxyl groups is 1. The molecule has 1 aromatic heterocycles. The Labute approximate surface area is 368 Å². The normalized spacial score (nSPS) is 14.2. The van der Waals surface area contributed by atoms with E-state index < -0.39 is 6.79 Å². The number of nitrogens with zero attached hydrogens (tertiary/aromatic N) is 2. The molecule has 0 saturated carbocycles. The Morgan fingerprint density at radius 2 is 1.05 bits per heavy atom. The highest BCUT2D eigenvalue weighted by molar-refractivity contribution is 7.16. The molecule has 0 fully saturated rings. The van der Waals surface area contributed by atoms with Crippen LogP contribution in [-0.4, -0.2) is 11.9 Å². The van der Waals surface area contributed by atoms with Crippen molar-refractivity contribution in [3.05, 3.63) is 166 Å². The topological polar surface area (TPSA) is 37.1 Å². The van der Waals surface area contributed by atoms with Crippen LogP contribution in [0.5, 0.6) is 0 Å². The van der Waals surface area contributed by atoms with Crippen LogP contribution < -0.4 is 4.90 Å². The second-order valence-corrected chi connectivity index (χ2v) is 18.2. The lowest BCUT2D eigenvalue weighted by atomic mass is 9.70. The molecule has 0 bridgehead atoms. The van der Waals surface area contributed by atoms with Gasteiger partial charge in [0, 0.05) is 37.6 Å². The van der Waals surface area contributed by atoms with Crippen LogP contribution in [0.2, 0.25) is 0 Å². The number of benzene rings is 5. The SMILES string of the molecule is [C-]#[N+]C(=Cc1ccc(-c2ccc(N(c3ccc4c(c3)C(CCCC)(CCCC)c3ccccc3-4)c3ccc4c(c3)C(CCCC)(CCCC)c3ccccc3-4)cc2)s1)OCO. The number of fused-ring (bicyclic) bond motifs is 6. The van der Waals surface area contributed by atoms with Gasteiger partial charge in [0.05, 0.1) is 6.57 Å². The van der Waals surface area contributed by atoms with Crippen LogP contribution in [0.25, 0.3) is 43.6 Å². The highest BCUT2D eigenvalue weighted by Crippen LogP contribution is 2.58. The lowest BCUT2D eigenvalue weighted by Gasteiger charge is -2.35. The Kier molecular flexibility index (Phi) is 13.0. The zero-order chi connectivity index (χ0) is 42.4. The fourth-order valence-electron chi connectivity index (χ4n) is 10.5. The van der Waals surface area contributed by atoms with Crippen LogP contribution >= 0.6 is 11.3 Å². The monoisotopic (exact) mass is 824 g/mol. The summed E-state index contributed by atoms with van der Waals surface area (Å²) in [6.45, 7) is 16.2. The molecule has 8 rings (SSSR count). The maximum atomic E-state index is 9.22. The molecule has 2 aliphatic carbocycles. The van der Waals surface area contributed by atoms with Gasteiger partial charge >= 0.3 is 5.88 Å².